The molecule has 1 rings (SSSR count). The van der Waals surface area contributed by atoms with E-state index in [1.54, 1.807) is 0 Å². The van der Waals surface area contributed by atoms with Crippen molar-refractivity contribution in [2.45, 2.75) is 200 Å². The van der Waals surface area contributed by atoms with Crippen molar-refractivity contribution < 1.29 is 33.8 Å². The number of ketones is 2. The minimum absolute atomic E-state index is 0. The number of unbranched alkanes of at least 4 members (excludes halogenated alkanes) is 16. The molecule has 1 saturated heterocycles. The predicted molar refractivity (Wildman–Crippen MR) is 168 cm³/mol. The average molecular weight is 614 g/mol. The third-order valence-electron chi connectivity index (χ3n) is 9.07. The molecule has 0 aromatic carbocycles. The van der Waals surface area contributed by atoms with Gasteiger partial charge in [0.2, 0.25) is 0 Å². The molecule has 0 bridgehead atoms. The summed E-state index contributed by atoms with van der Waals surface area (Å²) in [5.41, 5.74) is 0. The van der Waals surface area contributed by atoms with Gasteiger partial charge in [0.15, 0.2) is 0 Å². The summed E-state index contributed by atoms with van der Waals surface area (Å²) < 4.78 is 6.21. The van der Waals surface area contributed by atoms with E-state index in [2.05, 4.69) is 20.8 Å². The normalized spacial score (nSPS) is 17.2. The molecule has 0 spiro atoms. The maximum atomic E-state index is 13.0. The molecule has 1 heterocycles. The molecule has 4 heteroatoms. The van der Waals surface area contributed by atoms with Gasteiger partial charge in [0.25, 0.3) is 0 Å². The Bertz CT molecular complexity index is 552. The molecule has 40 heavy (non-hydrogen) atoms. The monoisotopic (exact) mass is 612 g/mol. The van der Waals surface area contributed by atoms with Crippen LogP contribution in [0.25, 0.3) is 0 Å². The molecule has 0 aliphatic carbocycles. The number of Topliss-reactive ketones (excluding diaryl/α,β-unsaturated/α-hetero) is 2. The van der Waals surface area contributed by atoms with Crippen LogP contribution in [-0.2, 0) is 33.8 Å². The van der Waals surface area contributed by atoms with Crippen molar-refractivity contribution in [2.75, 3.05) is 6.61 Å². The van der Waals surface area contributed by atoms with Crippen molar-refractivity contribution in [2.24, 2.45) is 11.8 Å². The molecule has 0 N–H and O–H groups in total. The Kier molecular flexibility index (Phi) is 29.0. The van der Waals surface area contributed by atoms with Crippen molar-refractivity contribution >= 4 is 11.6 Å². The molecule has 0 amide bonds. The van der Waals surface area contributed by atoms with Gasteiger partial charge in [-0.1, -0.05) is 136 Å². The van der Waals surface area contributed by atoms with E-state index in [4.69, 9.17) is 4.74 Å². The Morgan fingerprint density at radius 2 is 1.05 bits per heavy atom. The van der Waals surface area contributed by atoms with Crippen LogP contribution in [0.1, 0.15) is 194 Å². The van der Waals surface area contributed by atoms with Crippen LogP contribution in [0.3, 0.4) is 0 Å². The molecule has 1 aliphatic rings. The third kappa shape index (κ3) is 20.7. The maximum Gasteiger partial charge on any atom is 0.143 e. The summed E-state index contributed by atoms with van der Waals surface area (Å²) in [7, 11) is 0. The standard InChI is InChI=1S/C36H68O3.Zn/c1-4-7-10-13-16-23-30-36-32(26-24-31-39-36)25-19-17-18-20-27-33(34(37)28-21-14-11-8-5-2)35(38)29-22-15-12-9-6-3;/h32-33,36H,4-31H2,1-3H3;/t32-,36+;/m0./s1. The van der Waals surface area contributed by atoms with E-state index in [0.717, 1.165) is 57.5 Å². The Labute approximate surface area is 263 Å². The summed E-state index contributed by atoms with van der Waals surface area (Å²) in [5.74, 6) is 0.894. The quantitative estimate of drug-likeness (QED) is 0.0500. The first-order chi connectivity index (χ1) is 19.1. The third-order valence-corrected chi connectivity index (χ3v) is 9.07. The van der Waals surface area contributed by atoms with Gasteiger partial charge in [0.05, 0.1) is 12.0 Å². The van der Waals surface area contributed by atoms with Crippen LogP contribution in [0, 0.1) is 11.8 Å². The van der Waals surface area contributed by atoms with Gasteiger partial charge in [0, 0.05) is 38.9 Å². The van der Waals surface area contributed by atoms with Gasteiger partial charge in [-0.3, -0.25) is 9.59 Å². The smallest absolute Gasteiger partial charge is 0.143 e. The number of ether oxygens (including phenoxy) is 1. The van der Waals surface area contributed by atoms with Gasteiger partial charge in [-0.05, 0) is 50.9 Å². The molecule has 0 unspecified atom stereocenters. The molecular formula is C36H68O3Zn. The van der Waals surface area contributed by atoms with Gasteiger partial charge in [-0.25, -0.2) is 0 Å². The fourth-order valence-electron chi connectivity index (χ4n) is 6.44. The van der Waals surface area contributed by atoms with E-state index in [9.17, 15) is 9.59 Å². The second-order valence-electron chi connectivity index (χ2n) is 12.7. The number of hydrogen-bond donors (Lipinski definition) is 0. The predicted octanol–water partition coefficient (Wildman–Crippen LogP) is 11.3. The Balaban J connectivity index is 0.0000152. The zero-order valence-corrected chi connectivity index (χ0v) is 30.4. The molecule has 0 aromatic rings. The minimum atomic E-state index is -0.323. The van der Waals surface area contributed by atoms with E-state index in [1.807, 2.05) is 0 Å². The zero-order chi connectivity index (χ0) is 28.4. The first-order valence-electron chi connectivity index (χ1n) is 17.8. The summed E-state index contributed by atoms with van der Waals surface area (Å²) in [6.07, 6.45) is 32.0. The SMILES string of the molecule is CCCCCCCC[C@H]1OCCC[C@@H]1CCCCCCC(C(=O)CCCCCCC)C(=O)CCCCCCC.[Zn]. The number of hydrogen-bond acceptors (Lipinski definition) is 3. The number of carbonyl (C=O) groups excluding carboxylic acids is 2. The summed E-state index contributed by atoms with van der Waals surface area (Å²) in [5, 5.41) is 0. The van der Waals surface area contributed by atoms with Crippen LogP contribution in [0.5, 0.6) is 0 Å². The fourth-order valence-corrected chi connectivity index (χ4v) is 6.44. The van der Waals surface area contributed by atoms with Gasteiger partial charge < -0.3 is 4.74 Å². The second-order valence-corrected chi connectivity index (χ2v) is 12.7. The Morgan fingerprint density at radius 1 is 0.600 bits per heavy atom. The van der Waals surface area contributed by atoms with E-state index in [1.165, 1.54) is 116 Å². The van der Waals surface area contributed by atoms with Crippen LogP contribution >= 0.6 is 0 Å². The molecule has 0 aromatic heterocycles. The van der Waals surface area contributed by atoms with E-state index < -0.39 is 0 Å². The molecular weight excluding hydrogens is 546 g/mol. The van der Waals surface area contributed by atoms with E-state index in [0.29, 0.717) is 18.9 Å². The Hall–Kier alpha value is -0.0766. The van der Waals surface area contributed by atoms with Crippen molar-refractivity contribution in [3.63, 3.8) is 0 Å². The molecule has 1 aliphatic heterocycles. The van der Waals surface area contributed by atoms with Crippen molar-refractivity contribution in [3.05, 3.63) is 0 Å². The summed E-state index contributed by atoms with van der Waals surface area (Å²) in [6.45, 7) is 7.68. The number of carbonyl (C=O) groups is 2. The van der Waals surface area contributed by atoms with Crippen LogP contribution in [0.2, 0.25) is 0 Å². The zero-order valence-electron chi connectivity index (χ0n) is 27.5. The second kappa shape index (κ2) is 29.0. The fraction of sp³-hybridized carbons (Fsp3) is 0.944. The van der Waals surface area contributed by atoms with Gasteiger partial charge in [0.1, 0.15) is 11.6 Å². The molecule has 0 radical (unpaired) electrons. The largest absolute Gasteiger partial charge is 0.378 e. The van der Waals surface area contributed by atoms with Gasteiger partial charge >= 0.3 is 0 Å². The molecule has 0 saturated carbocycles. The molecule has 2 atom stereocenters. The summed E-state index contributed by atoms with van der Waals surface area (Å²) in [4.78, 5) is 26.1. The summed E-state index contributed by atoms with van der Waals surface area (Å²) in [6, 6.07) is 0. The van der Waals surface area contributed by atoms with Crippen molar-refractivity contribution in [3.8, 4) is 0 Å². The van der Waals surface area contributed by atoms with Crippen molar-refractivity contribution in [1.29, 1.82) is 0 Å². The maximum absolute atomic E-state index is 13.0. The first-order valence-corrected chi connectivity index (χ1v) is 17.8. The van der Waals surface area contributed by atoms with Crippen LogP contribution in [-0.4, -0.2) is 24.3 Å². The van der Waals surface area contributed by atoms with Gasteiger partial charge in [-0.15, -0.1) is 0 Å². The molecule has 3 nitrogen and oxygen atoms in total. The Morgan fingerprint density at radius 3 is 1.60 bits per heavy atom. The molecule has 1 fully saturated rings. The van der Waals surface area contributed by atoms with Crippen molar-refractivity contribution in [1.82, 2.24) is 0 Å². The molecule has 232 valence electrons. The topological polar surface area (TPSA) is 43.4 Å². The minimum Gasteiger partial charge on any atom is -0.378 e. The van der Waals surface area contributed by atoms with Crippen LogP contribution in [0.15, 0.2) is 0 Å². The van der Waals surface area contributed by atoms with Crippen LogP contribution in [0.4, 0.5) is 0 Å². The first kappa shape index (κ1) is 39.9. The van der Waals surface area contributed by atoms with Crippen LogP contribution < -0.4 is 0 Å². The van der Waals surface area contributed by atoms with E-state index in [-0.39, 0.29) is 37.0 Å². The average Bonchev–Trinajstić information content (AvgIpc) is 2.94. The summed E-state index contributed by atoms with van der Waals surface area (Å²) >= 11 is 0. The van der Waals surface area contributed by atoms with E-state index >= 15 is 0 Å². The van der Waals surface area contributed by atoms with Gasteiger partial charge in [-0.2, -0.15) is 0 Å². The number of rotatable bonds is 28.